The Hall–Kier alpha value is -1.20. The number of aromatic nitrogens is 2. The Morgan fingerprint density at radius 1 is 1.62 bits per heavy atom. The summed E-state index contributed by atoms with van der Waals surface area (Å²) >= 11 is 0. The van der Waals surface area contributed by atoms with E-state index in [0.29, 0.717) is 6.67 Å². The first-order valence-corrected chi connectivity index (χ1v) is 3.93. The third kappa shape index (κ3) is 2.64. The second-order valence-electron chi connectivity index (χ2n) is 2.76. The van der Waals surface area contributed by atoms with Gasteiger partial charge >= 0.3 is 0 Å². The molecule has 1 aromatic rings. The Labute approximate surface area is 76.5 Å². The fraction of sp³-hybridized carbons (Fsp3) is 0.500. The molecule has 5 nitrogen and oxygen atoms in total. The molecule has 0 fully saturated rings. The summed E-state index contributed by atoms with van der Waals surface area (Å²) in [5.41, 5.74) is 0.679. The molecule has 5 heteroatoms. The molecule has 0 N–H and O–H groups in total. The fourth-order valence-electron chi connectivity index (χ4n) is 0.899. The maximum atomic E-state index is 11.2. The molecular weight excluding hydrogens is 170 g/mol. The monoisotopic (exact) mass is 183 g/mol. The molecule has 0 amide bonds. The highest BCUT2D eigenvalue weighted by Gasteiger charge is 2.00. The molecule has 0 saturated carbocycles. The van der Waals surface area contributed by atoms with Gasteiger partial charge < -0.3 is 4.84 Å². The van der Waals surface area contributed by atoms with Crippen molar-refractivity contribution in [2.45, 2.75) is 13.6 Å². The van der Waals surface area contributed by atoms with E-state index in [1.807, 2.05) is 6.92 Å². The van der Waals surface area contributed by atoms with E-state index in [-0.39, 0.29) is 5.56 Å². The van der Waals surface area contributed by atoms with Crippen molar-refractivity contribution >= 4 is 0 Å². The first-order valence-electron chi connectivity index (χ1n) is 3.93. The van der Waals surface area contributed by atoms with Gasteiger partial charge in [-0.25, -0.2) is 4.68 Å². The lowest BCUT2D eigenvalue weighted by Crippen LogP contribution is -2.30. The summed E-state index contributed by atoms with van der Waals surface area (Å²) in [4.78, 5) is 16.1. The van der Waals surface area contributed by atoms with E-state index in [2.05, 4.69) is 5.10 Å². The van der Waals surface area contributed by atoms with Crippen LogP contribution in [0.25, 0.3) is 0 Å². The molecule has 0 aliphatic rings. The molecule has 0 aliphatic carbocycles. The van der Waals surface area contributed by atoms with Crippen LogP contribution in [0.3, 0.4) is 0 Å². The van der Waals surface area contributed by atoms with Crippen LogP contribution in [0, 0.1) is 6.92 Å². The van der Waals surface area contributed by atoms with Crippen LogP contribution in [0.4, 0.5) is 0 Å². The Morgan fingerprint density at radius 3 is 2.92 bits per heavy atom. The van der Waals surface area contributed by atoms with Crippen LogP contribution in [-0.4, -0.2) is 29.0 Å². The van der Waals surface area contributed by atoms with Crippen molar-refractivity contribution in [1.82, 2.24) is 14.8 Å². The second kappa shape index (κ2) is 4.15. The van der Waals surface area contributed by atoms with Gasteiger partial charge in [-0.3, -0.25) is 4.79 Å². The summed E-state index contributed by atoms with van der Waals surface area (Å²) in [5.74, 6) is 0. The Kier molecular flexibility index (Phi) is 3.16. The van der Waals surface area contributed by atoms with Crippen molar-refractivity contribution in [2.75, 3.05) is 14.2 Å². The van der Waals surface area contributed by atoms with Crippen LogP contribution >= 0.6 is 0 Å². The average molecular weight is 183 g/mol. The van der Waals surface area contributed by atoms with Gasteiger partial charge in [0.1, 0.15) is 6.67 Å². The van der Waals surface area contributed by atoms with Crippen LogP contribution < -0.4 is 5.56 Å². The van der Waals surface area contributed by atoms with Crippen molar-refractivity contribution in [1.29, 1.82) is 0 Å². The molecule has 0 aromatic carbocycles. The van der Waals surface area contributed by atoms with E-state index in [1.165, 1.54) is 15.8 Å². The number of rotatable bonds is 3. The molecule has 72 valence electrons. The fourth-order valence-corrected chi connectivity index (χ4v) is 0.899. The summed E-state index contributed by atoms with van der Waals surface area (Å²) in [7, 11) is 3.28. The highest BCUT2D eigenvalue weighted by atomic mass is 16.7. The molecule has 0 saturated heterocycles. The highest BCUT2D eigenvalue weighted by Crippen LogP contribution is 1.88. The van der Waals surface area contributed by atoms with Gasteiger partial charge in [-0.1, -0.05) is 0 Å². The number of aryl methyl sites for hydroxylation is 1. The summed E-state index contributed by atoms with van der Waals surface area (Å²) in [6.07, 6.45) is 0. The number of hydrogen-bond acceptors (Lipinski definition) is 4. The van der Waals surface area contributed by atoms with Gasteiger partial charge in [0, 0.05) is 13.1 Å². The molecule has 1 heterocycles. The maximum Gasteiger partial charge on any atom is 0.268 e. The lowest BCUT2D eigenvalue weighted by Gasteiger charge is -2.13. The molecule has 0 unspecified atom stereocenters. The summed E-state index contributed by atoms with van der Waals surface area (Å²) in [6, 6.07) is 3.18. The minimum atomic E-state index is -0.130. The average Bonchev–Trinajstić information content (AvgIpc) is 2.11. The second-order valence-corrected chi connectivity index (χ2v) is 2.76. The Balaban J connectivity index is 2.87. The zero-order valence-corrected chi connectivity index (χ0v) is 8.02. The summed E-state index contributed by atoms with van der Waals surface area (Å²) < 4.78 is 1.35. The minimum absolute atomic E-state index is 0.130. The normalized spacial score (nSPS) is 10.8. The Bertz CT molecular complexity index is 334. The predicted octanol–water partition coefficient (Wildman–Crippen LogP) is 0.00242. The van der Waals surface area contributed by atoms with Crippen LogP contribution in [0.5, 0.6) is 0 Å². The lowest BCUT2D eigenvalue weighted by atomic mass is 10.4. The standard InChI is InChI=1S/C8H13N3O2/c1-7-4-5-8(12)11(9-7)6-10(2)13-3/h4-5H,6H2,1-3H3. The lowest BCUT2D eigenvalue weighted by molar-refractivity contribution is -0.135. The topological polar surface area (TPSA) is 47.4 Å². The first-order chi connectivity index (χ1) is 6.13. The zero-order chi connectivity index (χ0) is 9.84. The van der Waals surface area contributed by atoms with Crippen LogP contribution in [0.15, 0.2) is 16.9 Å². The van der Waals surface area contributed by atoms with E-state index < -0.39 is 0 Å². The van der Waals surface area contributed by atoms with E-state index >= 15 is 0 Å². The maximum absolute atomic E-state index is 11.2. The molecule has 1 aromatic heterocycles. The number of nitrogens with zero attached hydrogens (tertiary/aromatic N) is 3. The Morgan fingerprint density at radius 2 is 2.31 bits per heavy atom. The molecule has 0 atom stereocenters. The molecule has 0 spiro atoms. The largest absolute Gasteiger partial charge is 0.301 e. The van der Waals surface area contributed by atoms with E-state index in [0.717, 1.165) is 5.69 Å². The van der Waals surface area contributed by atoms with Gasteiger partial charge in [0.25, 0.3) is 5.56 Å². The number of hydroxylamine groups is 2. The quantitative estimate of drug-likeness (QED) is 0.619. The van der Waals surface area contributed by atoms with Gasteiger partial charge in [-0.15, -0.1) is 0 Å². The van der Waals surface area contributed by atoms with Crippen molar-refractivity contribution in [3.8, 4) is 0 Å². The third-order valence-corrected chi connectivity index (χ3v) is 1.64. The molecular formula is C8H13N3O2. The molecule has 0 bridgehead atoms. The van der Waals surface area contributed by atoms with Gasteiger partial charge in [0.05, 0.1) is 12.8 Å². The third-order valence-electron chi connectivity index (χ3n) is 1.64. The van der Waals surface area contributed by atoms with Crippen molar-refractivity contribution < 1.29 is 4.84 Å². The zero-order valence-electron chi connectivity index (χ0n) is 8.02. The predicted molar refractivity (Wildman–Crippen MR) is 48.0 cm³/mol. The van der Waals surface area contributed by atoms with E-state index in [4.69, 9.17) is 4.84 Å². The SMILES string of the molecule is CON(C)Cn1nc(C)ccc1=O. The van der Waals surface area contributed by atoms with E-state index in [9.17, 15) is 4.79 Å². The van der Waals surface area contributed by atoms with Crippen molar-refractivity contribution in [2.24, 2.45) is 0 Å². The summed E-state index contributed by atoms with van der Waals surface area (Å²) in [6.45, 7) is 2.17. The molecule has 1 rings (SSSR count). The smallest absolute Gasteiger partial charge is 0.268 e. The first kappa shape index (κ1) is 9.88. The highest BCUT2D eigenvalue weighted by molar-refractivity contribution is 4.96. The molecule has 13 heavy (non-hydrogen) atoms. The van der Waals surface area contributed by atoms with Gasteiger partial charge in [0.2, 0.25) is 0 Å². The van der Waals surface area contributed by atoms with Gasteiger partial charge in [-0.05, 0) is 13.0 Å². The van der Waals surface area contributed by atoms with Crippen LogP contribution in [-0.2, 0) is 11.5 Å². The van der Waals surface area contributed by atoms with Gasteiger partial charge in [0.15, 0.2) is 0 Å². The number of hydrogen-bond donors (Lipinski definition) is 0. The van der Waals surface area contributed by atoms with Gasteiger partial charge in [-0.2, -0.15) is 10.2 Å². The van der Waals surface area contributed by atoms with Crippen LogP contribution in [0.1, 0.15) is 5.69 Å². The van der Waals surface area contributed by atoms with E-state index in [1.54, 1.807) is 20.2 Å². The summed E-state index contributed by atoms with van der Waals surface area (Å²) in [5, 5.41) is 5.56. The van der Waals surface area contributed by atoms with Crippen molar-refractivity contribution in [3.05, 3.63) is 28.2 Å². The van der Waals surface area contributed by atoms with Crippen LogP contribution in [0.2, 0.25) is 0 Å². The molecule has 0 aliphatic heterocycles. The van der Waals surface area contributed by atoms with Crippen molar-refractivity contribution in [3.63, 3.8) is 0 Å². The molecule has 0 radical (unpaired) electrons. The minimum Gasteiger partial charge on any atom is -0.301 e.